The van der Waals surface area contributed by atoms with Gasteiger partial charge in [-0.05, 0) is 31.7 Å². The molecule has 0 aromatic carbocycles. The zero-order valence-corrected chi connectivity index (χ0v) is 14.5. The number of urea groups is 1. The van der Waals surface area contributed by atoms with Gasteiger partial charge in [0.15, 0.2) is 0 Å². The van der Waals surface area contributed by atoms with Crippen molar-refractivity contribution in [1.29, 1.82) is 0 Å². The molecule has 0 bridgehead atoms. The molecule has 1 saturated heterocycles. The number of hydrogen-bond donors (Lipinski definition) is 1. The summed E-state index contributed by atoms with van der Waals surface area (Å²) in [6.45, 7) is 3.37. The highest BCUT2D eigenvalue weighted by Gasteiger charge is 2.29. The minimum absolute atomic E-state index is 0.0121. The maximum absolute atomic E-state index is 12.6. The van der Waals surface area contributed by atoms with Crippen molar-refractivity contribution in [3.63, 3.8) is 0 Å². The first-order valence-corrected chi connectivity index (χ1v) is 9.02. The largest absolute Gasteiger partial charge is 0.332 e. The van der Waals surface area contributed by atoms with E-state index in [0.29, 0.717) is 6.54 Å². The van der Waals surface area contributed by atoms with Gasteiger partial charge >= 0.3 is 6.03 Å². The molecule has 1 atom stereocenters. The van der Waals surface area contributed by atoms with Crippen LogP contribution in [0.2, 0.25) is 0 Å². The monoisotopic (exact) mass is 333 g/mol. The second kappa shape index (κ2) is 7.12. The number of aryl methyl sites for hydroxylation is 2. The summed E-state index contributed by atoms with van der Waals surface area (Å²) in [5.41, 5.74) is 2.04. The third-order valence-corrected chi connectivity index (χ3v) is 5.33. The summed E-state index contributed by atoms with van der Waals surface area (Å²) >= 11 is 1.65. The second-order valence-electron chi connectivity index (χ2n) is 5.83. The first-order chi connectivity index (χ1) is 11.2. The Kier molecular flexibility index (Phi) is 4.95. The van der Waals surface area contributed by atoms with E-state index in [-0.39, 0.29) is 12.1 Å². The van der Waals surface area contributed by atoms with Gasteiger partial charge in [-0.2, -0.15) is 5.10 Å². The molecule has 0 unspecified atom stereocenters. The van der Waals surface area contributed by atoms with Crippen LogP contribution in [0.25, 0.3) is 0 Å². The summed E-state index contributed by atoms with van der Waals surface area (Å²) in [5, 5.41) is 10.4. The predicted octanol–water partition coefficient (Wildman–Crippen LogP) is 2.88. The predicted molar refractivity (Wildman–Crippen MR) is 90.2 cm³/mol. The Morgan fingerprint density at radius 3 is 3.04 bits per heavy atom. The molecule has 0 aliphatic carbocycles. The number of hydrogen-bond acceptors (Lipinski definition) is 4. The molecule has 1 fully saturated rings. The molecular weight excluding hydrogens is 310 g/mol. The summed E-state index contributed by atoms with van der Waals surface area (Å²) in [6.07, 6.45) is 5.92. The van der Waals surface area contributed by atoms with Gasteiger partial charge in [0.2, 0.25) is 0 Å². The van der Waals surface area contributed by atoms with Crippen LogP contribution in [-0.4, -0.2) is 32.2 Å². The van der Waals surface area contributed by atoms with E-state index in [1.165, 1.54) is 0 Å². The number of nitrogens with one attached hydrogen (secondary N) is 1. The van der Waals surface area contributed by atoms with Gasteiger partial charge < -0.3 is 10.2 Å². The summed E-state index contributed by atoms with van der Waals surface area (Å²) in [7, 11) is 1.93. The minimum atomic E-state index is -0.0121. The molecule has 7 heteroatoms. The Balaban J connectivity index is 1.65. The Bertz CT molecular complexity index is 665. The highest BCUT2D eigenvalue weighted by atomic mass is 32.1. The lowest BCUT2D eigenvalue weighted by molar-refractivity contribution is 0.147. The van der Waals surface area contributed by atoms with Gasteiger partial charge in [0.05, 0.1) is 29.0 Å². The topological polar surface area (TPSA) is 63.1 Å². The molecule has 0 saturated carbocycles. The Labute approximate surface area is 140 Å². The molecule has 23 heavy (non-hydrogen) atoms. The van der Waals surface area contributed by atoms with Crippen LogP contribution in [0.4, 0.5) is 4.79 Å². The normalized spacial score (nSPS) is 18.2. The lowest BCUT2D eigenvalue weighted by Gasteiger charge is -2.35. The quantitative estimate of drug-likeness (QED) is 0.936. The van der Waals surface area contributed by atoms with E-state index in [1.54, 1.807) is 17.5 Å². The van der Waals surface area contributed by atoms with Gasteiger partial charge in [-0.3, -0.25) is 4.68 Å². The third-order valence-electron chi connectivity index (χ3n) is 4.29. The maximum atomic E-state index is 12.6. The average Bonchev–Trinajstić information content (AvgIpc) is 3.21. The van der Waals surface area contributed by atoms with Crippen LogP contribution in [0.5, 0.6) is 0 Å². The zero-order chi connectivity index (χ0) is 16.2. The lowest BCUT2D eigenvalue weighted by atomic mass is 10.00. The van der Waals surface area contributed by atoms with Crippen molar-refractivity contribution >= 4 is 17.4 Å². The van der Waals surface area contributed by atoms with Crippen LogP contribution >= 0.6 is 11.3 Å². The van der Waals surface area contributed by atoms with E-state index in [4.69, 9.17) is 0 Å². The smallest absolute Gasteiger partial charge is 0.318 e. The van der Waals surface area contributed by atoms with E-state index in [9.17, 15) is 4.79 Å². The van der Waals surface area contributed by atoms with Crippen LogP contribution in [0.1, 0.15) is 48.6 Å². The fourth-order valence-electron chi connectivity index (χ4n) is 3.05. The van der Waals surface area contributed by atoms with E-state index in [0.717, 1.165) is 48.6 Å². The first kappa shape index (κ1) is 16.0. The molecule has 0 radical (unpaired) electrons. The van der Waals surface area contributed by atoms with E-state index < -0.39 is 0 Å². The fourth-order valence-corrected chi connectivity index (χ4v) is 3.80. The van der Waals surface area contributed by atoms with E-state index in [1.807, 2.05) is 28.1 Å². The van der Waals surface area contributed by atoms with Crippen LogP contribution < -0.4 is 5.32 Å². The molecule has 1 aliphatic heterocycles. The number of rotatable bonds is 4. The van der Waals surface area contributed by atoms with Crippen LogP contribution in [0.15, 0.2) is 17.6 Å². The number of likely N-dealkylation sites (tertiary alicyclic amines) is 1. The number of aromatic nitrogens is 3. The number of carbonyl (C=O) groups is 1. The van der Waals surface area contributed by atoms with Crippen LogP contribution in [0.3, 0.4) is 0 Å². The van der Waals surface area contributed by atoms with Crippen molar-refractivity contribution < 1.29 is 4.79 Å². The molecule has 1 N–H and O–H groups in total. The molecule has 6 nitrogen and oxygen atoms in total. The molecular formula is C16H23N5OS. The van der Waals surface area contributed by atoms with Gasteiger partial charge in [0.1, 0.15) is 0 Å². The Morgan fingerprint density at radius 2 is 2.35 bits per heavy atom. The van der Waals surface area contributed by atoms with Crippen molar-refractivity contribution in [3.8, 4) is 0 Å². The van der Waals surface area contributed by atoms with E-state index >= 15 is 0 Å². The van der Waals surface area contributed by atoms with Crippen molar-refractivity contribution in [2.24, 2.45) is 7.05 Å². The fraction of sp³-hybridized carbons (Fsp3) is 0.562. The number of thiazole rings is 1. The molecule has 3 rings (SSSR count). The van der Waals surface area contributed by atoms with Crippen LogP contribution in [0, 0.1) is 0 Å². The highest BCUT2D eigenvalue weighted by Crippen LogP contribution is 2.30. The number of carbonyl (C=O) groups excluding carboxylic acids is 1. The van der Waals surface area contributed by atoms with Crippen molar-refractivity contribution in [2.45, 2.75) is 45.2 Å². The number of piperidine rings is 1. The van der Waals surface area contributed by atoms with Gasteiger partial charge in [-0.15, -0.1) is 11.3 Å². The number of amides is 2. The van der Waals surface area contributed by atoms with Gasteiger partial charge in [0, 0.05) is 25.2 Å². The molecule has 1 aliphatic rings. The Morgan fingerprint density at radius 1 is 1.48 bits per heavy atom. The van der Waals surface area contributed by atoms with Gasteiger partial charge in [-0.25, -0.2) is 9.78 Å². The van der Waals surface area contributed by atoms with Crippen molar-refractivity contribution in [2.75, 3.05) is 6.54 Å². The van der Waals surface area contributed by atoms with Gasteiger partial charge in [-0.1, -0.05) is 6.92 Å². The number of nitrogens with zero attached hydrogens (tertiary/aromatic N) is 4. The third kappa shape index (κ3) is 3.55. The molecule has 2 aromatic heterocycles. The average molecular weight is 333 g/mol. The maximum Gasteiger partial charge on any atom is 0.318 e. The summed E-state index contributed by atoms with van der Waals surface area (Å²) < 4.78 is 1.87. The Hall–Kier alpha value is -1.89. The lowest BCUT2D eigenvalue weighted by Crippen LogP contribution is -2.44. The zero-order valence-electron chi connectivity index (χ0n) is 13.7. The minimum Gasteiger partial charge on any atom is -0.332 e. The van der Waals surface area contributed by atoms with Crippen molar-refractivity contribution in [3.05, 3.63) is 34.0 Å². The van der Waals surface area contributed by atoms with Crippen molar-refractivity contribution in [1.82, 2.24) is 25.0 Å². The molecule has 3 heterocycles. The molecule has 2 amide bonds. The summed E-state index contributed by atoms with van der Waals surface area (Å²) in [4.78, 5) is 19.1. The highest BCUT2D eigenvalue weighted by molar-refractivity contribution is 7.09. The van der Waals surface area contributed by atoms with E-state index in [2.05, 4.69) is 22.3 Å². The first-order valence-electron chi connectivity index (χ1n) is 8.14. The standard InChI is InChI=1S/C16H23N5OS/c1-3-15-19-12(11-23-15)10-17-16(22)21-9-5-4-6-14(21)13-7-8-18-20(13)2/h7-8,11,14H,3-6,9-10H2,1-2H3,(H,17,22)/t14-/m0/s1. The molecule has 124 valence electrons. The SMILES string of the molecule is CCc1nc(CNC(=O)N2CCCC[C@H]2c2ccnn2C)cs1. The van der Waals surface area contributed by atoms with Crippen LogP contribution in [-0.2, 0) is 20.0 Å². The van der Waals surface area contributed by atoms with Gasteiger partial charge in [0.25, 0.3) is 0 Å². The second-order valence-corrected chi connectivity index (χ2v) is 6.77. The summed E-state index contributed by atoms with van der Waals surface area (Å²) in [6, 6.07) is 2.10. The molecule has 0 spiro atoms. The summed E-state index contributed by atoms with van der Waals surface area (Å²) in [5.74, 6) is 0. The molecule has 2 aromatic rings.